The molecule has 0 spiro atoms. The average molecular weight is 506 g/mol. The van der Waals surface area contributed by atoms with Crippen molar-refractivity contribution in [2.24, 2.45) is 5.92 Å². The summed E-state index contributed by atoms with van der Waals surface area (Å²) >= 11 is 1.49. The minimum Gasteiger partial charge on any atom is -0.384 e. The molecule has 0 unspecified atom stereocenters. The zero-order chi connectivity index (χ0) is 24.6. The molecule has 0 radical (unpaired) electrons. The number of thiazole rings is 1. The number of Topliss-reactive ketones (excluding diaryl/α,β-unsaturated/α-hetero) is 1. The number of fused-ring (bicyclic) bond motifs is 1. The zero-order valence-electron chi connectivity index (χ0n) is 19.0. The third-order valence-electron chi connectivity index (χ3n) is 7.18. The Bertz CT molecular complexity index is 1190. The number of alkyl halides is 3. The highest BCUT2D eigenvalue weighted by Crippen LogP contribution is 2.40. The number of hydrogen-bond acceptors (Lipinski definition) is 8. The number of aliphatic hydroxyl groups is 1. The number of carbonyl (C=O) groups is 1. The normalized spacial score (nSPS) is 22.6. The van der Waals surface area contributed by atoms with Crippen LogP contribution in [-0.2, 0) is 16.6 Å². The van der Waals surface area contributed by atoms with Gasteiger partial charge in [0.05, 0.1) is 28.0 Å². The fraction of sp³-hybridized carbons (Fsp3) is 0.500. The summed E-state index contributed by atoms with van der Waals surface area (Å²) < 4.78 is 39.3. The molecule has 186 valence electrons. The second-order valence-electron chi connectivity index (χ2n) is 9.47. The Labute approximate surface area is 204 Å². The Morgan fingerprint density at radius 1 is 1.23 bits per heavy atom. The number of halogens is 3. The van der Waals surface area contributed by atoms with Crippen molar-refractivity contribution >= 4 is 33.8 Å². The maximum absolute atomic E-state index is 13.1. The van der Waals surface area contributed by atoms with Gasteiger partial charge in [0.2, 0.25) is 0 Å². The molecule has 2 N–H and O–H groups in total. The van der Waals surface area contributed by atoms with Crippen LogP contribution < -0.4 is 5.32 Å². The van der Waals surface area contributed by atoms with Gasteiger partial charge in [0, 0.05) is 37.1 Å². The molecule has 2 aromatic heterocycles. The van der Waals surface area contributed by atoms with Gasteiger partial charge in [-0.3, -0.25) is 9.78 Å². The molecular weight excluding hydrogens is 479 g/mol. The van der Waals surface area contributed by atoms with E-state index in [2.05, 4.69) is 25.2 Å². The Balaban J connectivity index is 1.10. The number of rotatable bonds is 7. The van der Waals surface area contributed by atoms with Gasteiger partial charge in [-0.15, -0.1) is 11.3 Å². The Morgan fingerprint density at radius 3 is 2.69 bits per heavy atom. The van der Waals surface area contributed by atoms with Gasteiger partial charge in [-0.25, -0.2) is 9.97 Å². The monoisotopic (exact) mass is 505 g/mol. The lowest BCUT2D eigenvalue weighted by molar-refractivity contribution is -0.137. The molecule has 0 atom stereocenters. The van der Waals surface area contributed by atoms with Gasteiger partial charge in [0.25, 0.3) is 0 Å². The maximum Gasteiger partial charge on any atom is 0.416 e. The number of aromatic nitrogens is 3. The van der Waals surface area contributed by atoms with Crippen LogP contribution in [0, 0.1) is 5.92 Å². The van der Waals surface area contributed by atoms with Crippen LogP contribution in [0.1, 0.15) is 42.5 Å². The lowest BCUT2D eigenvalue weighted by Gasteiger charge is -2.47. The number of benzene rings is 1. The second-order valence-corrected chi connectivity index (χ2v) is 10.4. The van der Waals surface area contributed by atoms with Crippen LogP contribution >= 0.6 is 11.3 Å². The summed E-state index contributed by atoms with van der Waals surface area (Å²) in [5.41, 5.74) is 0.565. The molecule has 1 aliphatic heterocycles. The zero-order valence-corrected chi connectivity index (χ0v) is 19.8. The molecular formula is C24H26F3N5O2S. The van der Waals surface area contributed by atoms with E-state index in [4.69, 9.17) is 0 Å². The van der Waals surface area contributed by atoms with Crippen molar-refractivity contribution in [2.75, 3.05) is 25.0 Å². The number of hydrogen-bond donors (Lipinski definition) is 2. The molecule has 2 aliphatic rings. The standard InChI is InChI=1S/C24H26F3N5O2S/c25-24(26,27)16-1-2-20-19(10-16)22(31-13-30-20)29-11-18(33)9-15-7-17(8-15)32-5-3-23(34,4-6-32)21-12-28-14-35-21/h1-2,10,12-15,17,34H,3-9,11H2,(H,29,30,31). The lowest BCUT2D eigenvalue weighted by atomic mass is 9.75. The first kappa shape index (κ1) is 24.1. The minimum absolute atomic E-state index is 0.00500. The smallest absolute Gasteiger partial charge is 0.384 e. The third-order valence-corrected chi connectivity index (χ3v) is 8.14. The SMILES string of the molecule is O=C(CNc1ncnc2ccc(C(F)(F)F)cc12)CC1CC(N2CCC(O)(c3cncs3)CC2)C1. The fourth-order valence-corrected chi connectivity index (χ4v) is 5.85. The lowest BCUT2D eigenvalue weighted by Crippen LogP contribution is -2.51. The largest absolute Gasteiger partial charge is 0.416 e. The van der Waals surface area contributed by atoms with Crippen molar-refractivity contribution in [2.45, 2.75) is 49.9 Å². The topological polar surface area (TPSA) is 91.2 Å². The third kappa shape index (κ3) is 5.17. The summed E-state index contributed by atoms with van der Waals surface area (Å²) in [6, 6.07) is 3.73. The Kier molecular flexibility index (Phi) is 6.49. The van der Waals surface area contributed by atoms with E-state index >= 15 is 0 Å². The average Bonchev–Trinajstić information content (AvgIpc) is 3.36. The van der Waals surface area contributed by atoms with E-state index in [-0.39, 0.29) is 23.5 Å². The van der Waals surface area contributed by atoms with Gasteiger partial charge in [0.1, 0.15) is 17.7 Å². The summed E-state index contributed by atoms with van der Waals surface area (Å²) in [6.45, 7) is 1.65. The van der Waals surface area contributed by atoms with Crippen LogP contribution in [0.15, 0.2) is 36.2 Å². The highest BCUT2D eigenvalue weighted by Gasteiger charge is 2.41. The molecule has 0 amide bonds. The predicted octanol–water partition coefficient (Wildman–Crippen LogP) is 4.24. The number of likely N-dealkylation sites (tertiary alicyclic amines) is 1. The van der Waals surface area contributed by atoms with Crippen molar-refractivity contribution in [1.29, 1.82) is 0 Å². The van der Waals surface area contributed by atoms with Gasteiger partial charge < -0.3 is 15.3 Å². The van der Waals surface area contributed by atoms with E-state index in [1.807, 2.05) is 0 Å². The molecule has 5 rings (SSSR count). The number of nitrogens with one attached hydrogen (secondary N) is 1. The summed E-state index contributed by atoms with van der Waals surface area (Å²) in [5, 5.41) is 14.0. The molecule has 7 nitrogen and oxygen atoms in total. The molecule has 11 heteroatoms. The van der Waals surface area contributed by atoms with Crippen LogP contribution in [0.3, 0.4) is 0 Å². The minimum atomic E-state index is -4.47. The molecule has 1 aliphatic carbocycles. The first-order chi connectivity index (χ1) is 16.7. The van der Waals surface area contributed by atoms with Crippen LogP contribution in [0.25, 0.3) is 10.9 Å². The molecule has 2 fully saturated rings. The van der Waals surface area contributed by atoms with Crippen molar-refractivity contribution in [3.8, 4) is 0 Å². The van der Waals surface area contributed by atoms with Crippen molar-refractivity contribution in [1.82, 2.24) is 19.9 Å². The molecule has 1 aromatic carbocycles. The quantitative estimate of drug-likeness (QED) is 0.496. The van der Waals surface area contributed by atoms with E-state index in [1.165, 1.54) is 23.7 Å². The van der Waals surface area contributed by atoms with Crippen LogP contribution in [0.5, 0.6) is 0 Å². The van der Waals surface area contributed by atoms with Crippen molar-refractivity contribution < 1.29 is 23.1 Å². The number of anilines is 1. The van der Waals surface area contributed by atoms with Gasteiger partial charge in [-0.1, -0.05) is 0 Å². The first-order valence-corrected chi connectivity index (χ1v) is 12.5. The maximum atomic E-state index is 13.1. The van der Waals surface area contributed by atoms with Crippen LogP contribution in [0.2, 0.25) is 0 Å². The number of carbonyl (C=O) groups excluding carboxylic acids is 1. The molecule has 3 heterocycles. The van der Waals surface area contributed by atoms with Crippen molar-refractivity contribution in [3.63, 3.8) is 0 Å². The highest BCUT2D eigenvalue weighted by molar-refractivity contribution is 7.09. The molecule has 1 saturated carbocycles. The van der Waals surface area contributed by atoms with Gasteiger partial charge in [-0.2, -0.15) is 13.2 Å². The van der Waals surface area contributed by atoms with Crippen LogP contribution in [0.4, 0.5) is 19.0 Å². The highest BCUT2D eigenvalue weighted by atomic mass is 32.1. The van der Waals surface area contributed by atoms with E-state index in [1.54, 1.807) is 11.7 Å². The molecule has 3 aromatic rings. The van der Waals surface area contributed by atoms with Gasteiger partial charge in [0.15, 0.2) is 5.78 Å². The van der Waals surface area contributed by atoms with Crippen molar-refractivity contribution in [3.05, 3.63) is 46.7 Å². The number of ketones is 1. The van der Waals surface area contributed by atoms with E-state index in [9.17, 15) is 23.1 Å². The van der Waals surface area contributed by atoms with Crippen LogP contribution in [-0.4, -0.2) is 56.4 Å². The Hall–Kier alpha value is -2.63. The summed E-state index contributed by atoms with van der Waals surface area (Å²) in [5.74, 6) is 0.531. The van der Waals surface area contributed by atoms with Gasteiger partial charge >= 0.3 is 6.18 Å². The Morgan fingerprint density at radius 2 is 2.00 bits per heavy atom. The first-order valence-electron chi connectivity index (χ1n) is 11.6. The molecule has 35 heavy (non-hydrogen) atoms. The molecule has 0 bridgehead atoms. The number of nitrogens with zero attached hydrogens (tertiary/aromatic N) is 4. The predicted molar refractivity (Wildman–Crippen MR) is 126 cm³/mol. The summed E-state index contributed by atoms with van der Waals surface area (Å²) in [4.78, 5) is 28.0. The fourth-order valence-electron chi connectivity index (χ4n) is 5.07. The van der Waals surface area contributed by atoms with Gasteiger partial charge in [-0.05, 0) is 49.8 Å². The summed E-state index contributed by atoms with van der Waals surface area (Å²) in [6.07, 6.45) is 2.23. The summed E-state index contributed by atoms with van der Waals surface area (Å²) in [7, 11) is 0. The molecule has 1 saturated heterocycles. The van der Waals surface area contributed by atoms with E-state index in [0.29, 0.717) is 36.7 Å². The van der Waals surface area contributed by atoms with E-state index < -0.39 is 17.3 Å². The number of piperidine rings is 1. The van der Waals surface area contributed by atoms with E-state index in [0.717, 1.165) is 42.9 Å². The second kappa shape index (κ2) is 9.44.